The van der Waals surface area contributed by atoms with E-state index in [9.17, 15) is 5.11 Å². The summed E-state index contributed by atoms with van der Waals surface area (Å²) in [5, 5.41) is 9.18. The highest BCUT2D eigenvalue weighted by Gasteiger charge is 2.39. The second-order valence-corrected chi connectivity index (χ2v) is 5.37. The molecule has 72 valence electrons. The number of hydrogen-bond donors (Lipinski definition) is 2. The molecule has 2 nitrogen and oxygen atoms in total. The van der Waals surface area contributed by atoms with Gasteiger partial charge in [-0.05, 0) is 30.6 Å². The average molecular weight is 171 g/mol. The molecule has 3 N–H and O–H groups in total. The summed E-state index contributed by atoms with van der Waals surface area (Å²) in [7, 11) is 0. The number of nitrogens with two attached hydrogens (primary N) is 1. The minimum absolute atomic E-state index is 0.126. The molecule has 1 fully saturated rings. The molecule has 0 amide bonds. The van der Waals surface area contributed by atoms with Gasteiger partial charge < -0.3 is 10.8 Å². The Labute approximate surface area is 75.2 Å². The maximum Gasteiger partial charge on any atom is 0.0611 e. The van der Waals surface area contributed by atoms with Crippen molar-refractivity contribution in [3.63, 3.8) is 0 Å². The van der Waals surface area contributed by atoms with E-state index in [1.807, 2.05) is 0 Å². The van der Waals surface area contributed by atoms with Crippen LogP contribution in [0.5, 0.6) is 0 Å². The van der Waals surface area contributed by atoms with Crippen LogP contribution >= 0.6 is 0 Å². The van der Waals surface area contributed by atoms with Crippen LogP contribution in [0.3, 0.4) is 0 Å². The second-order valence-electron chi connectivity index (χ2n) is 5.37. The first kappa shape index (κ1) is 10.0. The Balaban J connectivity index is 2.70. The van der Waals surface area contributed by atoms with E-state index < -0.39 is 0 Å². The second kappa shape index (κ2) is 3.00. The molecule has 0 aromatic heterocycles. The van der Waals surface area contributed by atoms with Crippen LogP contribution in [0.2, 0.25) is 0 Å². The van der Waals surface area contributed by atoms with Crippen molar-refractivity contribution in [2.75, 3.05) is 6.61 Å². The molecule has 0 heterocycles. The fourth-order valence-electron chi connectivity index (χ4n) is 2.93. The molecule has 1 rings (SSSR count). The number of aliphatic hydroxyl groups is 1. The van der Waals surface area contributed by atoms with E-state index in [2.05, 4.69) is 20.8 Å². The normalized spacial score (nSPS) is 41.2. The molecule has 0 aromatic carbocycles. The maximum atomic E-state index is 9.18. The van der Waals surface area contributed by atoms with Crippen molar-refractivity contribution in [1.29, 1.82) is 0 Å². The first-order chi connectivity index (χ1) is 5.37. The number of aliphatic hydroxyl groups excluding tert-OH is 1. The van der Waals surface area contributed by atoms with Crippen LogP contribution in [0.1, 0.15) is 40.0 Å². The summed E-state index contributed by atoms with van der Waals surface area (Å²) in [6.45, 7) is 6.82. The summed E-state index contributed by atoms with van der Waals surface area (Å²) in [6.07, 6.45) is 3.14. The van der Waals surface area contributed by atoms with Crippen molar-refractivity contribution in [3.8, 4) is 0 Å². The molecule has 0 saturated heterocycles. The minimum atomic E-state index is -0.318. The van der Waals surface area contributed by atoms with Gasteiger partial charge in [0.2, 0.25) is 0 Å². The van der Waals surface area contributed by atoms with Crippen LogP contribution in [0.15, 0.2) is 0 Å². The van der Waals surface area contributed by atoms with Gasteiger partial charge in [-0.3, -0.25) is 0 Å². The summed E-state index contributed by atoms with van der Waals surface area (Å²) in [5.41, 5.74) is 6.06. The van der Waals surface area contributed by atoms with Gasteiger partial charge in [0.15, 0.2) is 0 Å². The van der Waals surface area contributed by atoms with Crippen molar-refractivity contribution in [2.24, 2.45) is 17.1 Å². The molecule has 0 aromatic rings. The van der Waals surface area contributed by atoms with Crippen LogP contribution in [0.4, 0.5) is 0 Å². The zero-order chi connectivity index (χ0) is 9.41. The van der Waals surface area contributed by atoms with Crippen LogP contribution in [-0.2, 0) is 0 Å². The van der Waals surface area contributed by atoms with Gasteiger partial charge in [-0.15, -0.1) is 0 Å². The molecule has 2 heteroatoms. The van der Waals surface area contributed by atoms with Gasteiger partial charge in [-0.25, -0.2) is 0 Å². The van der Waals surface area contributed by atoms with Gasteiger partial charge in [-0.1, -0.05) is 20.8 Å². The zero-order valence-electron chi connectivity index (χ0n) is 8.43. The molecular weight excluding hydrogens is 150 g/mol. The Morgan fingerprint density at radius 1 is 1.42 bits per heavy atom. The molecule has 0 bridgehead atoms. The SMILES string of the molecule is C[C@H]1CC(C)(C)C[C@](N)(CO)C1. The predicted molar refractivity (Wildman–Crippen MR) is 50.8 cm³/mol. The van der Waals surface area contributed by atoms with Gasteiger partial charge in [-0.2, -0.15) is 0 Å². The van der Waals surface area contributed by atoms with Crippen molar-refractivity contribution in [2.45, 2.75) is 45.6 Å². The molecule has 1 aliphatic carbocycles. The molecular formula is C10H21NO. The van der Waals surface area contributed by atoms with Crippen LogP contribution in [-0.4, -0.2) is 17.3 Å². The highest BCUT2D eigenvalue weighted by Crippen LogP contribution is 2.42. The summed E-state index contributed by atoms with van der Waals surface area (Å²) in [4.78, 5) is 0. The zero-order valence-corrected chi connectivity index (χ0v) is 8.43. The summed E-state index contributed by atoms with van der Waals surface area (Å²) < 4.78 is 0. The van der Waals surface area contributed by atoms with Crippen molar-refractivity contribution >= 4 is 0 Å². The average Bonchev–Trinajstić information content (AvgIpc) is 1.82. The minimum Gasteiger partial charge on any atom is -0.394 e. The Hall–Kier alpha value is -0.0800. The monoisotopic (exact) mass is 171 g/mol. The van der Waals surface area contributed by atoms with E-state index in [4.69, 9.17) is 5.73 Å². The lowest BCUT2D eigenvalue weighted by atomic mass is 9.65. The fourth-order valence-corrected chi connectivity index (χ4v) is 2.93. The van der Waals surface area contributed by atoms with Gasteiger partial charge in [0.1, 0.15) is 0 Å². The lowest BCUT2D eigenvalue weighted by Gasteiger charge is -2.44. The molecule has 0 unspecified atom stereocenters. The quantitative estimate of drug-likeness (QED) is 0.628. The van der Waals surface area contributed by atoms with E-state index in [0.717, 1.165) is 12.8 Å². The van der Waals surface area contributed by atoms with E-state index >= 15 is 0 Å². The summed E-state index contributed by atoms with van der Waals surface area (Å²) >= 11 is 0. The third kappa shape index (κ3) is 2.20. The molecule has 12 heavy (non-hydrogen) atoms. The van der Waals surface area contributed by atoms with Crippen molar-refractivity contribution in [3.05, 3.63) is 0 Å². The molecule has 2 atom stereocenters. The summed E-state index contributed by atoms with van der Waals surface area (Å²) in [5.74, 6) is 0.644. The van der Waals surface area contributed by atoms with Gasteiger partial charge in [0.05, 0.1) is 6.61 Å². The number of rotatable bonds is 1. The smallest absolute Gasteiger partial charge is 0.0611 e. The predicted octanol–water partition coefficient (Wildman–Crippen LogP) is 1.52. The van der Waals surface area contributed by atoms with Gasteiger partial charge >= 0.3 is 0 Å². The van der Waals surface area contributed by atoms with Crippen LogP contribution in [0.25, 0.3) is 0 Å². The molecule has 0 spiro atoms. The molecule has 0 radical (unpaired) electrons. The first-order valence-electron chi connectivity index (χ1n) is 4.77. The third-order valence-corrected chi connectivity index (χ3v) is 2.80. The van der Waals surface area contributed by atoms with E-state index in [-0.39, 0.29) is 12.1 Å². The van der Waals surface area contributed by atoms with Crippen molar-refractivity contribution < 1.29 is 5.11 Å². The van der Waals surface area contributed by atoms with E-state index in [1.165, 1.54) is 6.42 Å². The molecule has 0 aliphatic heterocycles. The number of hydrogen-bond acceptors (Lipinski definition) is 2. The molecule has 1 aliphatic rings. The maximum absolute atomic E-state index is 9.18. The lowest BCUT2D eigenvalue weighted by molar-refractivity contribution is 0.0622. The van der Waals surface area contributed by atoms with Crippen LogP contribution < -0.4 is 5.73 Å². The largest absolute Gasteiger partial charge is 0.394 e. The van der Waals surface area contributed by atoms with Gasteiger partial charge in [0, 0.05) is 5.54 Å². The first-order valence-corrected chi connectivity index (χ1v) is 4.77. The van der Waals surface area contributed by atoms with Crippen molar-refractivity contribution in [1.82, 2.24) is 0 Å². The summed E-state index contributed by atoms with van der Waals surface area (Å²) in [6, 6.07) is 0. The Kier molecular flexibility index (Phi) is 2.50. The highest BCUT2D eigenvalue weighted by atomic mass is 16.3. The highest BCUT2D eigenvalue weighted by molar-refractivity contribution is 4.96. The Morgan fingerprint density at radius 2 is 2.00 bits per heavy atom. The van der Waals surface area contributed by atoms with E-state index in [1.54, 1.807) is 0 Å². The lowest BCUT2D eigenvalue weighted by Crippen LogP contribution is -2.51. The standard InChI is InChI=1S/C10H21NO/c1-8-4-9(2,3)6-10(11,5-8)7-12/h8,12H,4-7,11H2,1-3H3/t8-,10-/m0/s1. The van der Waals surface area contributed by atoms with Gasteiger partial charge in [0.25, 0.3) is 0 Å². The Bertz CT molecular complexity index is 167. The van der Waals surface area contributed by atoms with Crippen LogP contribution in [0, 0.1) is 11.3 Å². The van der Waals surface area contributed by atoms with E-state index in [0.29, 0.717) is 11.3 Å². The molecule has 1 saturated carbocycles. The fraction of sp³-hybridized carbons (Fsp3) is 1.00. The Morgan fingerprint density at radius 3 is 2.42 bits per heavy atom. The topological polar surface area (TPSA) is 46.2 Å². The third-order valence-electron chi connectivity index (χ3n) is 2.80.